The number of ether oxygens (including phenoxy) is 1. The molecule has 1 fully saturated rings. The van der Waals surface area contributed by atoms with E-state index in [1.54, 1.807) is 25.3 Å². The minimum Gasteiger partial charge on any atom is -0.495 e. The van der Waals surface area contributed by atoms with Gasteiger partial charge in [0.1, 0.15) is 10.6 Å². The number of amides is 1. The zero-order valence-electron chi connectivity index (χ0n) is 22.9. The zero-order chi connectivity index (χ0) is 27.8. The highest BCUT2D eigenvalue weighted by Gasteiger charge is 2.28. The van der Waals surface area contributed by atoms with Gasteiger partial charge in [-0.2, -0.15) is 0 Å². The number of rotatable bonds is 11. The van der Waals surface area contributed by atoms with Crippen molar-refractivity contribution in [2.75, 3.05) is 48.4 Å². The van der Waals surface area contributed by atoms with Gasteiger partial charge < -0.3 is 19.9 Å². The summed E-state index contributed by atoms with van der Waals surface area (Å²) in [6.07, 6.45) is 2.09. The van der Waals surface area contributed by atoms with Crippen molar-refractivity contribution in [3.8, 4) is 5.75 Å². The van der Waals surface area contributed by atoms with Gasteiger partial charge in [0.15, 0.2) is 0 Å². The Bertz CT molecular complexity index is 1360. The molecule has 8 nitrogen and oxygen atoms in total. The van der Waals surface area contributed by atoms with Crippen LogP contribution in [-0.4, -0.2) is 47.6 Å². The molecule has 2 N–H and O–H groups in total. The Morgan fingerprint density at radius 1 is 0.923 bits per heavy atom. The van der Waals surface area contributed by atoms with Crippen molar-refractivity contribution in [1.82, 2.24) is 4.72 Å². The van der Waals surface area contributed by atoms with Crippen LogP contribution in [0.1, 0.15) is 44.7 Å². The highest BCUT2D eigenvalue weighted by molar-refractivity contribution is 7.89. The van der Waals surface area contributed by atoms with E-state index in [0.29, 0.717) is 44.0 Å². The Kier molecular flexibility index (Phi) is 9.48. The van der Waals surface area contributed by atoms with E-state index in [9.17, 15) is 13.2 Å². The highest BCUT2D eigenvalue weighted by Crippen LogP contribution is 2.33. The quantitative estimate of drug-likeness (QED) is 0.342. The molecule has 1 heterocycles. The Morgan fingerprint density at radius 2 is 1.56 bits per heavy atom. The normalized spacial score (nSPS) is 14.6. The second kappa shape index (κ2) is 13.0. The SMILES string of the molecule is CCCCC(=O)Nc1ccc(N2CCN(c3ccccc3OC)CC2)c(S(=O)(=O)N[C@@H](C)c2ccccc2)c1. The summed E-state index contributed by atoms with van der Waals surface area (Å²) in [6, 6.07) is 22.1. The van der Waals surface area contributed by atoms with E-state index >= 15 is 0 Å². The highest BCUT2D eigenvalue weighted by atomic mass is 32.2. The summed E-state index contributed by atoms with van der Waals surface area (Å²) in [6.45, 7) is 6.55. The smallest absolute Gasteiger partial charge is 0.243 e. The van der Waals surface area contributed by atoms with Crippen molar-refractivity contribution in [3.63, 3.8) is 0 Å². The molecule has 0 bridgehead atoms. The predicted molar refractivity (Wildman–Crippen MR) is 157 cm³/mol. The summed E-state index contributed by atoms with van der Waals surface area (Å²) in [7, 11) is -2.25. The number of hydrogen-bond acceptors (Lipinski definition) is 6. The maximum atomic E-state index is 13.8. The van der Waals surface area contributed by atoms with Gasteiger partial charge in [-0.3, -0.25) is 4.79 Å². The number of nitrogens with one attached hydrogen (secondary N) is 2. The zero-order valence-corrected chi connectivity index (χ0v) is 23.7. The van der Waals surface area contributed by atoms with Gasteiger partial charge in [0.2, 0.25) is 15.9 Å². The van der Waals surface area contributed by atoms with Crippen molar-refractivity contribution < 1.29 is 17.9 Å². The molecule has 1 saturated heterocycles. The van der Waals surface area contributed by atoms with Crippen molar-refractivity contribution in [3.05, 3.63) is 78.4 Å². The van der Waals surface area contributed by atoms with E-state index < -0.39 is 16.1 Å². The summed E-state index contributed by atoms with van der Waals surface area (Å²) in [5.41, 5.74) is 2.99. The molecule has 3 aromatic rings. The lowest BCUT2D eigenvalue weighted by molar-refractivity contribution is -0.116. The predicted octanol–water partition coefficient (Wildman–Crippen LogP) is 5.19. The number of benzene rings is 3. The van der Waals surface area contributed by atoms with E-state index in [1.165, 1.54) is 0 Å². The molecule has 9 heteroatoms. The van der Waals surface area contributed by atoms with Crippen molar-refractivity contribution in [1.29, 1.82) is 0 Å². The molecule has 0 aliphatic carbocycles. The van der Waals surface area contributed by atoms with E-state index in [1.807, 2.05) is 68.4 Å². The number of unbranched alkanes of at least 4 members (excludes halogenated alkanes) is 1. The summed E-state index contributed by atoms with van der Waals surface area (Å²) >= 11 is 0. The van der Waals surface area contributed by atoms with Crippen LogP contribution >= 0.6 is 0 Å². The first-order valence-electron chi connectivity index (χ1n) is 13.5. The second-order valence-electron chi connectivity index (χ2n) is 9.73. The van der Waals surface area contributed by atoms with Gasteiger partial charge in [0.05, 0.1) is 18.5 Å². The molecule has 1 amide bonds. The lowest BCUT2D eigenvalue weighted by atomic mass is 10.1. The molecule has 0 spiro atoms. The molecule has 0 unspecified atom stereocenters. The minimum atomic E-state index is -3.92. The largest absolute Gasteiger partial charge is 0.495 e. The molecule has 0 aromatic heterocycles. The number of anilines is 3. The lowest BCUT2D eigenvalue weighted by Crippen LogP contribution is -2.47. The Morgan fingerprint density at radius 3 is 2.23 bits per heavy atom. The van der Waals surface area contributed by atoms with Crippen LogP contribution in [0.15, 0.2) is 77.7 Å². The third-order valence-electron chi connectivity index (χ3n) is 6.97. The molecule has 1 aliphatic heterocycles. The Labute approximate surface area is 232 Å². The van der Waals surface area contributed by atoms with Crippen LogP contribution in [0.2, 0.25) is 0 Å². The third kappa shape index (κ3) is 7.10. The molecule has 0 radical (unpaired) electrons. The molecular weight excluding hydrogens is 512 g/mol. The van der Waals surface area contributed by atoms with Gasteiger partial charge in [0.25, 0.3) is 0 Å². The molecule has 4 rings (SSSR count). The Hall–Kier alpha value is -3.56. The molecule has 0 saturated carbocycles. The van der Waals surface area contributed by atoms with E-state index in [-0.39, 0.29) is 10.8 Å². The average molecular weight is 551 g/mol. The number of hydrogen-bond donors (Lipinski definition) is 2. The van der Waals surface area contributed by atoms with Crippen LogP contribution < -0.4 is 24.6 Å². The monoisotopic (exact) mass is 550 g/mol. The van der Waals surface area contributed by atoms with Gasteiger partial charge >= 0.3 is 0 Å². The number of methoxy groups -OCH3 is 1. The van der Waals surface area contributed by atoms with Crippen molar-refractivity contribution in [2.24, 2.45) is 0 Å². The lowest BCUT2D eigenvalue weighted by Gasteiger charge is -2.38. The topological polar surface area (TPSA) is 91.0 Å². The van der Waals surface area contributed by atoms with Crippen LogP contribution in [0.5, 0.6) is 5.75 Å². The van der Waals surface area contributed by atoms with E-state index in [2.05, 4.69) is 19.8 Å². The first-order valence-corrected chi connectivity index (χ1v) is 14.9. The van der Waals surface area contributed by atoms with Crippen molar-refractivity contribution in [2.45, 2.75) is 44.0 Å². The van der Waals surface area contributed by atoms with Crippen LogP contribution in [0.4, 0.5) is 17.1 Å². The molecule has 3 aromatic carbocycles. The van der Waals surface area contributed by atoms with Crippen molar-refractivity contribution >= 4 is 33.0 Å². The first kappa shape index (κ1) is 28.4. The van der Waals surface area contributed by atoms with Crippen LogP contribution in [-0.2, 0) is 14.8 Å². The Balaban J connectivity index is 1.60. The maximum absolute atomic E-state index is 13.8. The second-order valence-corrected chi connectivity index (χ2v) is 11.4. The number of nitrogens with zero attached hydrogens (tertiary/aromatic N) is 2. The summed E-state index contributed by atoms with van der Waals surface area (Å²) in [5, 5.41) is 2.87. The molecular formula is C30H38N4O4S. The van der Waals surface area contributed by atoms with E-state index in [0.717, 1.165) is 29.8 Å². The maximum Gasteiger partial charge on any atom is 0.243 e. The van der Waals surface area contributed by atoms with Gasteiger partial charge in [0, 0.05) is 44.3 Å². The standard InChI is InChI=1S/C30H38N4O4S/c1-4-5-15-30(35)31-25-16-17-27(29(22-25)39(36,37)32-23(2)24-11-7-6-8-12-24)34-20-18-33(19-21-34)26-13-9-10-14-28(26)38-3/h6-14,16-17,22-23,32H,4-5,15,18-21H2,1-3H3,(H,31,35)/t23-/m0/s1. The number of carbonyl (C=O) groups is 1. The number of carbonyl (C=O) groups excluding carboxylic acids is 1. The third-order valence-corrected chi connectivity index (χ3v) is 8.54. The summed E-state index contributed by atoms with van der Waals surface area (Å²) in [4.78, 5) is 16.9. The fourth-order valence-corrected chi connectivity index (χ4v) is 6.30. The number of piperazine rings is 1. The number of para-hydroxylation sites is 2. The number of sulfonamides is 1. The fourth-order valence-electron chi connectivity index (χ4n) is 4.81. The van der Waals surface area contributed by atoms with Crippen LogP contribution in [0, 0.1) is 0 Å². The van der Waals surface area contributed by atoms with Gasteiger partial charge in [-0.1, -0.05) is 55.8 Å². The molecule has 39 heavy (non-hydrogen) atoms. The summed E-state index contributed by atoms with van der Waals surface area (Å²) < 4.78 is 35.9. The average Bonchev–Trinajstić information content (AvgIpc) is 2.96. The molecule has 1 aliphatic rings. The minimum absolute atomic E-state index is 0.121. The summed E-state index contributed by atoms with van der Waals surface area (Å²) in [5.74, 6) is 0.695. The molecule has 208 valence electrons. The van der Waals surface area contributed by atoms with E-state index in [4.69, 9.17) is 4.74 Å². The van der Waals surface area contributed by atoms with Gasteiger partial charge in [-0.15, -0.1) is 0 Å². The van der Waals surface area contributed by atoms with Crippen LogP contribution in [0.25, 0.3) is 0 Å². The van der Waals surface area contributed by atoms with Gasteiger partial charge in [-0.25, -0.2) is 13.1 Å². The molecule has 1 atom stereocenters. The fraction of sp³-hybridized carbons (Fsp3) is 0.367. The van der Waals surface area contributed by atoms with Gasteiger partial charge in [-0.05, 0) is 49.2 Å². The van der Waals surface area contributed by atoms with Crippen LogP contribution in [0.3, 0.4) is 0 Å². The first-order chi connectivity index (χ1) is 18.8.